The van der Waals surface area contributed by atoms with E-state index in [1.165, 1.54) is 20.0 Å². The van der Waals surface area contributed by atoms with E-state index in [1.54, 1.807) is 0 Å². The molecular weight excluding hydrogens is 170 g/mol. The summed E-state index contributed by atoms with van der Waals surface area (Å²) >= 11 is 0. The summed E-state index contributed by atoms with van der Waals surface area (Å²) in [4.78, 5) is 13.5. The van der Waals surface area contributed by atoms with Crippen LogP contribution in [-0.2, 0) is 14.3 Å². The quantitative estimate of drug-likeness (QED) is 0.540. The van der Waals surface area contributed by atoms with E-state index in [-0.39, 0.29) is 12.1 Å². The van der Waals surface area contributed by atoms with Crippen LogP contribution in [0.25, 0.3) is 0 Å². The first-order valence-electron chi connectivity index (χ1n) is 4.74. The van der Waals surface area contributed by atoms with Crippen LogP contribution in [0.4, 0.5) is 0 Å². The molecule has 4 nitrogen and oxygen atoms in total. The summed E-state index contributed by atoms with van der Waals surface area (Å²) < 4.78 is 10.1. The molecule has 0 spiro atoms. The molecule has 0 aliphatic carbocycles. The van der Waals surface area contributed by atoms with Gasteiger partial charge in [0.25, 0.3) is 0 Å². The Morgan fingerprint density at radius 2 is 2.46 bits per heavy atom. The minimum absolute atomic E-state index is 0.245. The van der Waals surface area contributed by atoms with E-state index in [0.29, 0.717) is 19.2 Å². The Balaban J connectivity index is 1.93. The first-order valence-corrected chi connectivity index (χ1v) is 4.74. The highest BCUT2D eigenvalue weighted by Gasteiger charge is 2.35. The van der Waals surface area contributed by atoms with Gasteiger partial charge in [-0.25, -0.2) is 4.79 Å². The van der Waals surface area contributed by atoms with Gasteiger partial charge in [0.05, 0.1) is 13.7 Å². The lowest BCUT2D eigenvalue weighted by atomic mass is 10.2. The molecule has 2 heterocycles. The fourth-order valence-corrected chi connectivity index (χ4v) is 2.09. The first kappa shape index (κ1) is 8.97. The van der Waals surface area contributed by atoms with Gasteiger partial charge in [-0.1, -0.05) is 0 Å². The summed E-state index contributed by atoms with van der Waals surface area (Å²) in [5, 5.41) is 0. The van der Waals surface area contributed by atoms with Gasteiger partial charge in [0.15, 0.2) is 6.10 Å². The SMILES string of the molecule is COC(=O)[C@H]1CN2CCC[C@@H]2CO1. The predicted molar refractivity (Wildman–Crippen MR) is 46.4 cm³/mol. The number of hydrogen-bond acceptors (Lipinski definition) is 4. The molecule has 0 unspecified atom stereocenters. The molecule has 0 aromatic rings. The molecule has 0 amide bonds. The zero-order chi connectivity index (χ0) is 9.26. The maximum Gasteiger partial charge on any atom is 0.336 e. The van der Waals surface area contributed by atoms with E-state index >= 15 is 0 Å². The van der Waals surface area contributed by atoms with Crippen LogP contribution in [0.3, 0.4) is 0 Å². The van der Waals surface area contributed by atoms with Crippen molar-refractivity contribution in [2.24, 2.45) is 0 Å². The molecule has 2 atom stereocenters. The topological polar surface area (TPSA) is 38.8 Å². The van der Waals surface area contributed by atoms with Gasteiger partial charge < -0.3 is 9.47 Å². The molecule has 0 saturated carbocycles. The number of fused-ring (bicyclic) bond motifs is 1. The van der Waals surface area contributed by atoms with Gasteiger partial charge in [-0.05, 0) is 19.4 Å². The summed E-state index contributed by atoms with van der Waals surface area (Å²) in [6, 6.07) is 0.543. The molecule has 0 aromatic heterocycles. The molecule has 2 aliphatic heterocycles. The van der Waals surface area contributed by atoms with Crippen molar-refractivity contribution in [1.82, 2.24) is 4.90 Å². The molecule has 2 saturated heterocycles. The molecule has 0 N–H and O–H groups in total. The highest BCUT2D eigenvalue weighted by atomic mass is 16.6. The molecule has 0 radical (unpaired) electrons. The first-order chi connectivity index (χ1) is 6.31. The fourth-order valence-electron chi connectivity index (χ4n) is 2.09. The summed E-state index contributed by atoms with van der Waals surface area (Å²) in [5.74, 6) is -0.245. The Morgan fingerprint density at radius 1 is 1.62 bits per heavy atom. The van der Waals surface area contributed by atoms with Gasteiger partial charge in [0, 0.05) is 12.6 Å². The highest BCUT2D eigenvalue weighted by Crippen LogP contribution is 2.22. The molecule has 2 fully saturated rings. The summed E-state index contributed by atoms with van der Waals surface area (Å²) in [5.41, 5.74) is 0. The standard InChI is InChI=1S/C9H15NO3/c1-12-9(11)8-5-10-4-2-3-7(10)6-13-8/h7-8H,2-6H2,1H3/t7-,8-/m1/s1. The summed E-state index contributed by atoms with van der Waals surface area (Å²) in [7, 11) is 1.40. The number of nitrogens with zero attached hydrogens (tertiary/aromatic N) is 1. The summed E-state index contributed by atoms with van der Waals surface area (Å²) in [6.45, 7) is 2.48. The van der Waals surface area contributed by atoms with Crippen molar-refractivity contribution in [3.8, 4) is 0 Å². The Hall–Kier alpha value is -0.610. The fraction of sp³-hybridized carbons (Fsp3) is 0.889. The highest BCUT2D eigenvalue weighted by molar-refractivity contribution is 5.74. The number of morpholine rings is 1. The average Bonchev–Trinajstić information content (AvgIpc) is 2.63. The third-order valence-electron chi connectivity index (χ3n) is 2.85. The Morgan fingerprint density at radius 3 is 3.23 bits per heavy atom. The van der Waals surface area contributed by atoms with Crippen molar-refractivity contribution in [2.45, 2.75) is 25.0 Å². The number of carbonyl (C=O) groups excluding carboxylic acids is 1. The van der Waals surface area contributed by atoms with Crippen molar-refractivity contribution in [3.63, 3.8) is 0 Å². The van der Waals surface area contributed by atoms with Crippen molar-refractivity contribution in [1.29, 1.82) is 0 Å². The molecular formula is C9H15NO3. The van der Waals surface area contributed by atoms with Crippen molar-refractivity contribution in [3.05, 3.63) is 0 Å². The Bertz CT molecular complexity index is 207. The molecule has 0 bridgehead atoms. The van der Waals surface area contributed by atoms with Crippen LogP contribution in [-0.4, -0.2) is 49.8 Å². The van der Waals surface area contributed by atoms with Crippen molar-refractivity contribution < 1.29 is 14.3 Å². The molecule has 13 heavy (non-hydrogen) atoms. The van der Waals surface area contributed by atoms with Gasteiger partial charge in [0.2, 0.25) is 0 Å². The second-order valence-corrected chi connectivity index (χ2v) is 3.64. The number of hydrogen-bond donors (Lipinski definition) is 0. The van der Waals surface area contributed by atoms with Gasteiger partial charge in [-0.15, -0.1) is 0 Å². The van der Waals surface area contributed by atoms with Crippen molar-refractivity contribution >= 4 is 5.97 Å². The molecule has 74 valence electrons. The molecule has 2 rings (SSSR count). The van der Waals surface area contributed by atoms with Gasteiger partial charge in [-0.2, -0.15) is 0 Å². The number of carbonyl (C=O) groups is 1. The normalized spacial score (nSPS) is 34.2. The van der Waals surface area contributed by atoms with Crippen LogP contribution in [0.5, 0.6) is 0 Å². The van der Waals surface area contributed by atoms with Crippen LogP contribution >= 0.6 is 0 Å². The zero-order valence-corrected chi connectivity index (χ0v) is 7.86. The minimum atomic E-state index is -0.362. The van der Waals surface area contributed by atoms with Crippen LogP contribution in [0, 0.1) is 0 Å². The predicted octanol–water partition coefficient (Wildman–Crippen LogP) is 0.0226. The van der Waals surface area contributed by atoms with Gasteiger partial charge >= 0.3 is 5.97 Å². The molecule has 4 heteroatoms. The number of esters is 1. The van der Waals surface area contributed by atoms with E-state index in [4.69, 9.17) is 4.74 Å². The summed E-state index contributed by atoms with van der Waals surface area (Å²) in [6.07, 6.45) is 2.06. The lowest BCUT2D eigenvalue weighted by Gasteiger charge is -2.33. The van der Waals surface area contributed by atoms with Crippen LogP contribution in [0.15, 0.2) is 0 Å². The van der Waals surface area contributed by atoms with Gasteiger partial charge in [0.1, 0.15) is 0 Å². The van der Waals surface area contributed by atoms with Gasteiger partial charge in [-0.3, -0.25) is 4.90 Å². The van der Waals surface area contributed by atoms with Crippen LogP contribution < -0.4 is 0 Å². The third kappa shape index (κ3) is 1.69. The van der Waals surface area contributed by atoms with E-state index in [2.05, 4.69) is 9.64 Å². The van der Waals surface area contributed by atoms with E-state index in [9.17, 15) is 4.79 Å². The minimum Gasteiger partial charge on any atom is -0.467 e. The van der Waals surface area contributed by atoms with E-state index < -0.39 is 0 Å². The van der Waals surface area contributed by atoms with E-state index in [1.807, 2.05) is 0 Å². The smallest absolute Gasteiger partial charge is 0.336 e. The number of rotatable bonds is 1. The molecule has 2 aliphatic rings. The second kappa shape index (κ2) is 3.64. The van der Waals surface area contributed by atoms with Crippen LogP contribution in [0.2, 0.25) is 0 Å². The lowest BCUT2D eigenvalue weighted by Crippen LogP contribution is -2.49. The van der Waals surface area contributed by atoms with Crippen molar-refractivity contribution in [2.75, 3.05) is 26.8 Å². The maximum absolute atomic E-state index is 11.2. The Kier molecular flexibility index (Phi) is 2.51. The third-order valence-corrected chi connectivity index (χ3v) is 2.85. The Labute approximate surface area is 77.8 Å². The zero-order valence-electron chi connectivity index (χ0n) is 7.86. The monoisotopic (exact) mass is 185 g/mol. The largest absolute Gasteiger partial charge is 0.467 e. The molecule has 0 aromatic carbocycles. The average molecular weight is 185 g/mol. The second-order valence-electron chi connectivity index (χ2n) is 3.64. The number of methoxy groups -OCH3 is 1. The number of ether oxygens (including phenoxy) is 2. The lowest BCUT2D eigenvalue weighted by molar-refractivity contribution is -0.161. The van der Waals surface area contributed by atoms with E-state index in [0.717, 1.165) is 6.54 Å². The van der Waals surface area contributed by atoms with Crippen LogP contribution in [0.1, 0.15) is 12.8 Å². The maximum atomic E-state index is 11.2.